The molecule has 0 saturated carbocycles. The van der Waals surface area contributed by atoms with Crippen LogP contribution in [0.3, 0.4) is 0 Å². The summed E-state index contributed by atoms with van der Waals surface area (Å²) in [5.74, 6) is -0.291. The number of carboxylic acids is 1. The van der Waals surface area contributed by atoms with Crippen molar-refractivity contribution in [1.82, 2.24) is 4.98 Å². The van der Waals surface area contributed by atoms with Gasteiger partial charge in [0.2, 0.25) is 0 Å². The summed E-state index contributed by atoms with van der Waals surface area (Å²) in [7, 11) is 0. The van der Waals surface area contributed by atoms with Crippen LogP contribution < -0.4 is 4.74 Å². The molecule has 3 aromatic carbocycles. The summed E-state index contributed by atoms with van der Waals surface area (Å²) < 4.78 is 12.0. The summed E-state index contributed by atoms with van der Waals surface area (Å²) in [6, 6.07) is 13.3. The zero-order chi connectivity index (χ0) is 24.2. The van der Waals surface area contributed by atoms with Crippen molar-refractivity contribution in [2.75, 3.05) is 6.61 Å². The van der Waals surface area contributed by atoms with Crippen molar-refractivity contribution < 1.29 is 24.5 Å². The summed E-state index contributed by atoms with van der Waals surface area (Å²) >= 11 is 0. The molecule has 0 bridgehead atoms. The van der Waals surface area contributed by atoms with Crippen LogP contribution in [-0.2, 0) is 16.0 Å². The molecule has 174 valence electrons. The third kappa shape index (κ3) is 3.55. The molecule has 34 heavy (non-hydrogen) atoms. The molecule has 0 unspecified atom stereocenters. The number of aromatic nitrogens is 1. The van der Waals surface area contributed by atoms with E-state index in [1.54, 1.807) is 13.1 Å². The molecule has 0 radical (unpaired) electrons. The normalized spacial score (nSPS) is 14.2. The molecule has 0 aliphatic carbocycles. The van der Waals surface area contributed by atoms with Gasteiger partial charge in [0.05, 0.1) is 17.7 Å². The first kappa shape index (κ1) is 22.2. The summed E-state index contributed by atoms with van der Waals surface area (Å²) in [4.78, 5) is 17.3. The highest BCUT2D eigenvalue weighted by atomic mass is 16.5. The molecule has 1 atom stereocenters. The van der Waals surface area contributed by atoms with Crippen LogP contribution in [0.5, 0.6) is 11.5 Å². The van der Waals surface area contributed by atoms with E-state index in [0.717, 1.165) is 39.6 Å². The molecule has 1 aliphatic heterocycles. The maximum Gasteiger partial charge on any atom is 0.337 e. The summed E-state index contributed by atoms with van der Waals surface area (Å²) in [5.41, 5.74) is 3.55. The highest BCUT2D eigenvalue weighted by Crippen LogP contribution is 2.47. The maximum atomic E-state index is 12.5. The number of pyridine rings is 1. The molecule has 5 rings (SSSR count). The van der Waals surface area contributed by atoms with E-state index in [1.807, 2.05) is 63.2 Å². The van der Waals surface area contributed by atoms with Gasteiger partial charge in [-0.3, -0.25) is 4.98 Å². The average Bonchev–Trinajstić information content (AvgIpc) is 2.80. The van der Waals surface area contributed by atoms with Gasteiger partial charge >= 0.3 is 5.97 Å². The molecule has 0 spiro atoms. The molecule has 0 amide bonds. The Kier molecular flexibility index (Phi) is 5.21. The molecule has 0 fully saturated rings. The number of phenols is 1. The zero-order valence-electron chi connectivity index (χ0n) is 19.7. The predicted molar refractivity (Wildman–Crippen MR) is 132 cm³/mol. The third-order valence-corrected chi connectivity index (χ3v) is 6.28. The molecule has 6 heteroatoms. The number of aromatic hydroxyl groups is 1. The standard InChI is InChI=1S/C28H27NO5/c1-15-21(26(27(31)32)34-28(2,3)4)23(17-7-5-6-8-18(17)25(15)30)19-9-10-20-22-16(12-14-33-20)11-13-29-24(19)22/h5-11,13,26,30H,12,14H2,1-4H3,(H,31,32)/t26-/m0/s1. The zero-order valence-corrected chi connectivity index (χ0v) is 19.7. The van der Waals surface area contributed by atoms with Gasteiger partial charge < -0.3 is 19.7 Å². The third-order valence-electron chi connectivity index (χ3n) is 6.28. The van der Waals surface area contributed by atoms with Gasteiger partial charge in [-0.15, -0.1) is 0 Å². The number of rotatable bonds is 4. The van der Waals surface area contributed by atoms with E-state index in [-0.39, 0.29) is 5.75 Å². The smallest absolute Gasteiger partial charge is 0.337 e. The number of carboxylic acid groups (broad SMARTS) is 1. The molecule has 1 aromatic heterocycles. The molecular weight excluding hydrogens is 430 g/mol. The monoisotopic (exact) mass is 457 g/mol. The highest BCUT2D eigenvalue weighted by molar-refractivity contribution is 6.10. The minimum Gasteiger partial charge on any atom is -0.507 e. The van der Waals surface area contributed by atoms with Crippen molar-refractivity contribution in [3.05, 3.63) is 65.4 Å². The summed E-state index contributed by atoms with van der Waals surface area (Å²) in [6.45, 7) is 7.81. The highest BCUT2D eigenvalue weighted by Gasteiger charge is 2.34. The van der Waals surface area contributed by atoms with Crippen molar-refractivity contribution in [1.29, 1.82) is 0 Å². The Balaban J connectivity index is 1.94. The number of fused-ring (bicyclic) bond motifs is 1. The number of hydrogen-bond donors (Lipinski definition) is 2. The summed E-state index contributed by atoms with van der Waals surface area (Å²) in [6.07, 6.45) is 1.28. The number of benzene rings is 3. The fraction of sp³-hybridized carbons (Fsp3) is 0.286. The van der Waals surface area contributed by atoms with E-state index in [9.17, 15) is 15.0 Å². The van der Waals surface area contributed by atoms with Crippen LogP contribution in [0.1, 0.15) is 43.6 Å². The van der Waals surface area contributed by atoms with Crippen LogP contribution in [0.25, 0.3) is 32.8 Å². The van der Waals surface area contributed by atoms with Gasteiger partial charge in [0.15, 0.2) is 6.10 Å². The number of ether oxygens (including phenoxy) is 2. The second-order valence-corrected chi connectivity index (χ2v) is 9.66. The van der Waals surface area contributed by atoms with Crippen LogP contribution >= 0.6 is 0 Å². The predicted octanol–water partition coefficient (Wildman–Crippen LogP) is 5.94. The lowest BCUT2D eigenvalue weighted by Gasteiger charge is -2.29. The quantitative estimate of drug-likeness (QED) is 0.394. The van der Waals surface area contributed by atoms with E-state index in [4.69, 9.17) is 14.5 Å². The number of hydrogen-bond acceptors (Lipinski definition) is 5. The summed E-state index contributed by atoms with van der Waals surface area (Å²) in [5, 5.41) is 23.7. The van der Waals surface area contributed by atoms with Crippen LogP contribution in [0, 0.1) is 6.92 Å². The first-order valence-electron chi connectivity index (χ1n) is 11.4. The first-order valence-corrected chi connectivity index (χ1v) is 11.4. The fourth-order valence-corrected chi connectivity index (χ4v) is 4.88. The van der Waals surface area contributed by atoms with Gasteiger partial charge in [-0.2, -0.15) is 0 Å². The SMILES string of the molecule is Cc1c([C@H](OC(C)(C)C)C(=O)O)c(-c2ccc3c4c(ccnc24)CCO3)c2ccccc2c1O. The lowest BCUT2D eigenvalue weighted by molar-refractivity contribution is -0.160. The van der Waals surface area contributed by atoms with Gasteiger partial charge in [0.25, 0.3) is 0 Å². The van der Waals surface area contributed by atoms with E-state index >= 15 is 0 Å². The van der Waals surface area contributed by atoms with Gasteiger partial charge in [-0.05, 0) is 68.0 Å². The molecule has 2 heterocycles. The Hall–Kier alpha value is -3.64. The largest absolute Gasteiger partial charge is 0.507 e. The van der Waals surface area contributed by atoms with Crippen molar-refractivity contribution in [3.8, 4) is 22.6 Å². The molecule has 4 aromatic rings. The van der Waals surface area contributed by atoms with E-state index in [1.165, 1.54) is 0 Å². The number of aliphatic carboxylic acids is 1. The van der Waals surface area contributed by atoms with Crippen LogP contribution in [0.2, 0.25) is 0 Å². The minimum atomic E-state index is -1.28. The Morgan fingerprint density at radius 2 is 1.85 bits per heavy atom. The Morgan fingerprint density at radius 3 is 2.56 bits per heavy atom. The molecule has 0 saturated heterocycles. The minimum absolute atomic E-state index is 0.0529. The van der Waals surface area contributed by atoms with Crippen LogP contribution in [0.4, 0.5) is 0 Å². The van der Waals surface area contributed by atoms with Crippen molar-refractivity contribution in [2.45, 2.75) is 45.8 Å². The average molecular weight is 458 g/mol. The second kappa shape index (κ2) is 7.99. The fourth-order valence-electron chi connectivity index (χ4n) is 4.88. The molecule has 1 aliphatic rings. The number of phenolic OH excluding ortho intramolecular Hbond substituents is 1. The molecular formula is C28H27NO5. The number of nitrogens with zero attached hydrogens (tertiary/aromatic N) is 1. The Bertz CT molecular complexity index is 1440. The lowest BCUT2D eigenvalue weighted by Crippen LogP contribution is -2.28. The van der Waals surface area contributed by atoms with E-state index in [0.29, 0.717) is 28.7 Å². The Morgan fingerprint density at radius 1 is 1.12 bits per heavy atom. The van der Waals surface area contributed by atoms with E-state index in [2.05, 4.69) is 0 Å². The van der Waals surface area contributed by atoms with Crippen molar-refractivity contribution in [3.63, 3.8) is 0 Å². The Labute approximate surface area is 197 Å². The van der Waals surface area contributed by atoms with Gasteiger partial charge in [0, 0.05) is 34.5 Å². The van der Waals surface area contributed by atoms with Crippen LogP contribution in [0.15, 0.2) is 48.7 Å². The van der Waals surface area contributed by atoms with Gasteiger partial charge in [0.1, 0.15) is 11.5 Å². The molecule has 6 nitrogen and oxygen atoms in total. The number of carbonyl (C=O) groups is 1. The lowest BCUT2D eigenvalue weighted by atomic mass is 9.85. The molecule has 2 N–H and O–H groups in total. The van der Waals surface area contributed by atoms with Gasteiger partial charge in [-0.25, -0.2) is 4.79 Å². The topological polar surface area (TPSA) is 88.9 Å². The second-order valence-electron chi connectivity index (χ2n) is 9.66. The first-order chi connectivity index (χ1) is 16.2. The van der Waals surface area contributed by atoms with E-state index < -0.39 is 17.7 Å². The van der Waals surface area contributed by atoms with Gasteiger partial charge in [-0.1, -0.05) is 24.3 Å². The van der Waals surface area contributed by atoms with Crippen LogP contribution in [-0.4, -0.2) is 33.4 Å². The van der Waals surface area contributed by atoms with Crippen molar-refractivity contribution in [2.24, 2.45) is 0 Å². The maximum absolute atomic E-state index is 12.5. The van der Waals surface area contributed by atoms with Crippen molar-refractivity contribution >= 4 is 27.6 Å².